The summed E-state index contributed by atoms with van der Waals surface area (Å²) in [4.78, 5) is 23.4. The van der Waals surface area contributed by atoms with Crippen molar-refractivity contribution in [3.8, 4) is 23.1 Å². The molecule has 1 aliphatic rings. The fourth-order valence-electron chi connectivity index (χ4n) is 3.64. The molecular formula is C22H23N3O5. The molecule has 156 valence electrons. The number of methoxy groups -OCH3 is 1. The number of nitro groups is 1. The van der Waals surface area contributed by atoms with Gasteiger partial charge >= 0.3 is 0 Å². The largest absolute Gasteiger partial charge is 0.497 e. The third kappa shape index (κ3) is 4.69. The molecule has 0 unspecified atom stereocenters. The van der Waals surface area contributed by atoms with Gasteiger partial charge in [-0.05, 0) is 43.0 Å². The van der Waals surface area contributed by atoms with Crippen LogP contribution >= 0.6 is 0 Å². The molecule has 0 radical (unpaired) electrons. The smallest absolute Gasteiger partial charge is 0.284 e. The maximum atomic E-state index is 12.5. The second-order valence-corrected chi connectivity index (χ2v) is 7.35. The van der Waals surface area contributed by atoms with Gasteiger partial charge in [-0.2, -0.15) is 5.26 Å². The number of ether oxygens (including phenoxy) is 1. The third-order valence-electron chi connectivity index (χ3n) is 5.37. The van der Waals surface area contributed by atoms with Crippen LogP contribution in [-0.4, -0.2) is 24.0 Å². The molecule has 2 aromatic rings. The summed E-state index contributed by atoms with van der Waals surface area (Å²) in [6.45, 7) is 2.10. The number of nitrogens with zero attached hydrogens (tertiary/aromatic N) is 2. The standard InChI is InChI=1S/C22H23N3O5/c1-14-5-3-4-6-19(14)24-22(26)15(13-23)11-17-8-10-21(30-17)18-9-7-16(29-2)12-20(18)25(27)28/h7-12,14,19H,3-6H2,1-2H3,(H,24,26)/b15-11+/t14-,19+/m0/s1. The summed E-state index contributed by atoms with van der Waals surface area (Å²) in [6.07, 6.45) is 5.52. The van der Waals surface area contributed by atoms with E-state index in [4.69, 9.17) is 9.15 Å². The van der Waals surface area contributed by atoms with Crippen LogP contribution in [0, 0.1) is 27.4 Å². The van der Waals surface area contributed by atoms with Gasteiger partial charge in [-0.25, -0.2) is 0 Å². The Kier molecular flexibility index (Phi) is 6.52. The van der Waals surface area contributed by atoms with Crippen molar-refractivity contribution < 1.29 is 18.9 Å². The Balaban J connectivity index is 1.83. The van der Waals surface area contributed by atoms with Crippen LogP contribution in [0.3, 0.4) is 0 Å². The van der Waals surface area contributed by atoms with E-state index in [0.717, 1.165) is 25.7 Å². The van der Waals surface area contributed by atoms with E-state index in [1.54, 1.807) is 18.2 Å². The highest BCUT2D eigenvalue weighted by atomic mass is 16.6. The maximum absolute atomic E-state index is 12.5. The molecule has 8 nitrogen and oxygen atoms in total. The summed E-state index contributed by atoms with van der Waals surface area (Å²) in [6, 6.07) is 9.54. The van der Waals surface area contributed by atoms with Gasteiger partial charge in [0.2, 0.25) is 0 Å². The van der Waals surface area contributed by atoms with E-state index in [9.17, 15) is 20.2 Å². The minimum Gasteiger partial charge on any atom is -0.497 e. The lowest BCUT2D eigenvalue weighted by atomic mass is 9.86. The highest BCUT2D eigenvalue weighted by Gasteiger charge is 2.24. The minimum atomic E-state index is -0.518. The van der Waals surface area contributed by atoms with E-state index < -0.39 is 10.8 Å². The van der Waals surface area contributed by atoms with Crippen molar-refractivity contribution in [2.75, 3.05) is 7.11 Å². The van der Waals surface area contributed by atoms with Crippen molar-refractivity contribution in [3.05, 3.63) is 51.8 Å². The van der Waals surface area contributed by atoms with Gasteiger partial charge in [-0.15, -0.1) is 0 Å². The van der Waals surface area contributed by atoms with E-state index in [-0.39, 0.29) is 34.4 Å². The number of hydrogen-bond acceptors (Lipinski definition) is 6. The lowest BCUT2D eigenvalue weighted by molar-refractivity contribution is -0.384. The number of carbonyl (C=O) groups excluding carboxylic acids is 1. The van der Waals surface area contributed by atoms with Gasteiger partial charge in [-0.3, -0.25) is 14.9 Å². The van der Waals surface area contributed by atoms with Crippen molar-refractivity contribution >= 4 is 17.7 Å². The lowest BCUT2D eigenvalue weighted by Crippen LogP contribution is -2.41. The van der Waals surface area contributed by atoms with E-state index >= 15 is 0 Å². The van der Waals surface area contributed by atoms with Gasteiger partial charge in [0.15, 0.2) is 0 Å². The van der Waals surface area contributed by atoms with E-state index in [1.165, 1.54) is 25.3 Å². The molecule has 0 bridgehead atoms. The van der Waals surface area contributed by atoms with Crippen molar-refractivity contribution in [1.29, 1.82) is 5.26 Å². The lowest BCUT2D eigenvalue weighted by Gasteiger charge is -2.29. The zero-order valence-corrected chi connectivity index (χ0v) is 16.9. The Bertz CT molecular complexity index is 1020. The van der Waals surface area contributed by atoms with Crippen LogP contribution in [-0.2, 0) is 4.79 Å². The van der Waals surface area contributed by atoms with Gasteiger partial charge in [0.25, 0.3) is 11.6 Å². The summed E-state index contributed by atoms with van der Waals surface area (Å²) in [5.74, 6) is 0.809. The summed E-state index contributed by atoms with van der Waals surface area (Å²) in [5, 5.41) is 23.8. The molecule has 0 saturated heterocycles. The number of hydrogen-bond donors (Lipinski definition) is 1. The first-order valence-electron chi connectivity index (χ1n) is 9.78. The van der Waals surface area contributed by atoms with Crippen LogP contribution < -0.4 is 10.1 Å². The van der Waals surface area contributed by atoms with Crippen molar-refractivity contribution in [1.82, 2.24) is 5.32 Å². The normalized spacial score (nSPS) is 19.0. The van der Waals surface area contributed by atoms with E-state index in [0.29, 0.717) is 11.7 Å². The quantitative estimate of drug-likeness (QED) is 0.325. The van der Waals surface area contributed by atoms with Crippen molar-refractivity contribution in [2.24, 2.45) is 5.92 Å². The molecule has 3 rings (SSSR count). The summed E-state index contributed by atoms with van der Waals surface area (Å²) >= 11 is 0. The van der Waals surface area contributed by atoms with Crippen LogP contribution in [0.25, 0.3) is 17.4 Å². The molecule has 1 aromatic carbocycles. The number of carbonyl (C=O) groups is 1. The molecule has 0 spiro atoms. The van der Waals surface area contributed by atoms with Gasteiger partial charge in [0.1, 0.15) is 28.9 Å². The number of nitriles is 1. The average Bonchev–Trinajstić information content (AvgIpc) is 3.21. The van der Waals surface area contributed by atoms with Crippen LogP contribution in [0.1, 0.15) is 38.4 Å². The van der Waals surface area contributed by atoms with Crippen LogP contribution in [0.15, 0.2) is 40.3 Å². The summed E-state index contributed by atoms with van der Waals surface area (Å²) in [7, 11) is 1.43. The first-order chi connectivity index (χ1) is 14.4. The maximum Gasteiger partial charge on any atom is 0.284 e. The fraction of sp³-hybridized carbons (Fsp3) is 0.364. The predicted molar refractivity (Wildman–Crippen MR) is 111 cm³/mol. The van der Waals surface area contributed by atoms with Crippen LogP contribution in [0.5, 0.6) is 5.75 Å². The Morgan fingerprint density at radius 2 is 2.10 bits per heavy atom. The molecule has 0 aliphatic heterocycles. The first-order valence-corrected chi connectivity index (χ1v) is 9.78. The monoisotopic (exact) mass is 409 g/mol. The zero-order valence-electron chi connectivity index (χ0n) is 16.9. The van der Waals surface area contributed by atoms with E-state index in [1.807, 2.05) is 6.07 Å². The van der Waals surface area contributed by atoms with Crippen molar-refractivity contribution in [2.45, 2.75) is 38.6 Å². The highest BCUT2D eigenvalue weighted by Crippen LogP contribution is 2.34. The Hall–Kier alpha value is -3.60. The predicted octanol–water partition coefficient (Wildman–Crippen LogP) is 4.47. The average molecular weight is 409 g/mol. The second kappa shape index (κ2) is 9.27. The van der Waals surface area contributed by atoms with Gasteiger partial charge in [0.05, 0.1) is 23.7 Å². The molecule has 2 atom stereocenters. The van der Waals surface area contributed by atoms with Gasteiger partial charge in [-0.1, -0.05) is 19.8 Å². The molecule has 1 heterocycles. The topological polar surface area (TPSA) is 118 Å². The summed E-state index contributed by atoms with van der Waals surface area (Å²) < 4.78 is 10.7. The highest BCUT2D eigenvalue weighted by molar-refractivity contribution is 6.01. The number of amides is 1. The number of nitro benzene ring substituents is 1. The Labute approximate surface area is 174 Å². The first kappa shape index (κ1) is 21.1. The molecular weight excluding hydrogens is 386 g/mol. The summed E-state index contributed by atoms with van der Waals surface area (Å²) in [5.41, 5.74) is 0.0427. The SMILES string of the molecule is COc1ccc(-c2ccc(/C=C(\C#N)C(=O)N[C@@H]3CCCC[C@@H]3C)o2)c([N+](=O)[O-])c1. The van der Waals surface area contributed by atoms with Gasteiger partial charge < -0.3 is 14.5 Å². The second-order valence-electron chi connectivity index (χ2n) is 7.35. The number of rotatable bonds is 6. The molecule has 30 heavy (non-hydrogen) atoms. The minimum absolute atomic E-state index is 0.0529. The molecule has 8 heteroatoms. The zero-order chi connectivity index (χ0) is 21.7. The molecule has 1 N–H and O–H groups in total. The molecule has 1 aromatic heterocycles. The third-order valence-corrected chi connectivity index (χ3v) is 5.37. The Morgan fingerprint density at radius 3 is 2.77 bits per heavy atom. The van der Waals surface area contributed by atoms with Crippen LogP contribution in [0.2, 0.25) is 0 Å². The van der Waals surface area contributed by atoms with E-state index in [2.05, 4.69) is 12.2 Å². The van der Waals surface area contributed by atoms with Gasteiger partial charge in [0, 0.05) is 12.1 Å². The molecule has 1 aliphatic carbocycles. The number of furan rings is 1. The number of benzene rings is 1. The van der Waals surface area contributed by atoms with Crippen molar-refractivity contribution in [3.63, 3.8) is 0 Å². The Morgan fingerprint density at radius 1 is 1.33 bits per heavy atom. The molecule has 1 fully saturated rings. The van der Waals surface area contributed by atoms with Crippen LogP contribution in [0.4, 0.5) is 5.69 Å². The number of nitrogens with one attached hydrogen (secondary N) is 1. The molecule has 1 amide bonds. The fourth-order valence-corrected chi connectivity index (χ4v) is 3.64. The molecule has 1 saturated carbocycles.